The molecule has 0 unspecified atom stereocenters. The minimum atomic E-state index is -0.768. The third kappa shape index (κ3) is 6.05. The van der Waals surface area contributed by atoms with Crippen LogP contribution in [0.1, 0.15) is 52.4 Å². The van der Waals surface area contributed by atoms with Gasteiger partial charge in [0.05, 0.1) is 6.42 Å². The lowest BCUT2D eigenvalue weighted by atomic mass is 9.66. The zero-order valence-corrected chi connectivity index (χ0v) is 12.0. The van der Waals surface area contributed by atoms with Crippen molar-refractivity contribution in [1.82, 2.24) is 10.6 Å². The maximum absolute atomic E-state index is 11.7. The van der Waals surface area contributed by atoms with E-state index in [-0.39, 0.29) is 17.7 Å². The number of carbonyl (C=O) groups excluding carboxylic acids is 1. The Morgan fingerprint density at radius 3 is 2.47 bits per heavy atom. The normalized spacial score (nSPS) is 17.0. The Kier molecular flexibility index (Phi) is 6.28. The SMILES string of the molecule is CC(C)NCCCC(=O)NCC1(CC(=O)O)CCC1. The van der Waals surface area contributed by atoms with Gasteiger partial charge in [-0.1, -0.05) is 20.3 Å². The number of rotatable bonds is 9. The maximum Gasteiger partial charge on any atom is 0.303 e. The fourth-order valence-electron chi connectivity index (χ4n) is 2.43. The van der Waals surface area contributed by atoms with Crippen LogP contribution in [0.25, 0.3) is 0 Å². The molecule has 0 aromatic rings. The quantitative estimate of drug-likeness (QED) is 0.555. The molecule has 0 radical (unpaired) electrons. The first-order valence-corrected chi connectivity index (χ1v) is 7.15. The number of carboxylic acids is 1. The van der Waals surface area contributed by atoms with Crippen LogP contribution in [0.15, 0.2) is 0 Å². The van der Waals surface area contributed by atoms with E-state index in [1.165, 1.54) is 0 Å². The number of nitrogens with one attached hydrogen (secondary N) is 2. The van der Waals surface area contributed by atoms with Gasteiger partial charge in [0.2, 0.25) is 5.91 Å². The van der Waals surface area contributed by atoms with Gasteiger partial charge in [-0.3, -0.25) is 9.59 Å². The molecule has 1 amide bonds. The molecular formula is C14H26N2O3. The van der Waals surface area contributed by atoms with Crippen LogP contribution < -0.4 is 10.6 Å². The van der Waals surface area contributed by atoms with Gasteiger partial charge in [0.25, 0.3) is 0 Å². The van der Waals surface area contributed by atoms with E-state index in [4.69, 9.17) is 5.11 Å². The largest absolute Gasteiger partial charge is 0.481 e. The molecule has 1 aliphatic carbocycles. The predicted octanol–water partition coefficient (Wildman–Crippen LogP) is 1.53. The highest BCUT2D eigenvalue weighted by molar-refractivity contribution is 5.76. The summed E-state index contributed by atoms with van der Waals surface area (Å²) in [6.45, 7) is 5.50. The molecule has 5 heteroatoms. The topological polar surface area (TPSA) is 78.4 Å². The molecule has 5 nitrogen and oxygen atoms in total. The number of hydrogen-bond acceptors (Lipinski definition) is 3. The van der Waals surface area contributed by atoms with Gasteiger partial charge in [-0.15, -0.1) is 0 Å². The number of aliphatic carboxylic acids is 1. The third-order valence-electron chi connectivity index (χ3n) is 3.73. The van der Waals surface area contributed by atoms with Crippen LogP contribution >= 0.6 is 0 Å². The van der Waals surface area contributed by atoms with Crippen molar-refractivity contribution in [1.29, 1.82) is 0 Å². The number of carboxylic acid groups (broad SMARTS) is 1. The zero-order valence-electron chi connectivity index (χ0n) is 12.0. The van der Waals surface area contributed by atoms with Crippen LogP contribution in [0, 0.1) is 5.41 Å². The van der Waals surface area contributed by atoms with Crippen molar-refractivity contribution < 1.29 is 14.7 Å². The molecule has 0 aliphatic heterocycles. The van der Waals surface area contributed by atoms with Crippen molar-refractivity contribution in [2.24, 2.45) is 5.41 Å². The Morgan fingerprint density at radius 1 is 1.32 bits per heavy atom. The van der Waals surface area contributed by atoms with Gasteiger partial charge in [-0.2, -0.15) is 0 Å². The van der Waals surface area contributed by atoms with Gasteiger partial charge in [0, 0.05) is 19.0 Å². The van der Waals surface area contributed by atoms with Crippen LogP contribution in [0.4, 0.5) is 0 Å². The summed E-state index contributed by atoms with van der Waals surface area (Å²) in [5.41, 5.74) is -0.183. The zero-order chi connectivity index (χ0) is 14.3. The summed E-state index contributed by atoms with van der Waals surface area (Å²) in [4.78, 5) is 22.5. The average molecular weight is 270 g/mol. The minimum Gasteiger partial charge on any atom is -0.481 e. The lowest BCUT2D eigenvalue weighted by Crippen LogP contribution is -2.43. The number of amides is 1. The van der Waals surface area contributed by atoms with Crippen LogP contribution in [-0.4, -0.2) is 36.1 Å². The third-order valence-corrected chi connectivity index (χ3v) is 3.73. The summed E-state index contributed by atoms with van der Waals surface area (Å²) in [6, 6.07) is 0.442. The summed E-state index contributed by atoms with van der Waals surface area (Å²) in [5.74, 6) is -0.739. The smallest absolute Gasteiger partial charge is 0.303 e. The van der Waals surface area contributed by atoms with E-state index < -0.39 is 5.97 Å². The van der Waals surface area contributed by atoms with Crippen LogP contribution in [0.3, 0.4) is 0 Å². The molecule has 0 saturated heterocycles. The standard InChI is InChI=1S/C14H26N2O3/c1-11(2)15-8-3-5-12(17)16-10-14(6-4-7-14)9-13(18)19/h11,15H,3-10H2,1-2H3,(H,16,17)(H,18,19). The van der Waals surface area contributed by atoms with Crippen molar-refractivity contribution in [2.45, 2.75) is 58.4 Å². The molecule has 19 heavy (non-hydrogen) atoms. The van der Waals surface area contributed by atoms with Crippen molar-refractivity contribution >= 4 is 11.9 Å². The van der Waals surface area contributed by atoms with Crippen molar-refractivity contribution in [3.05, 3.63) is 0 Å². The van der Waals surface area contributed by atoms with Crippen molar-refractivity contribution in [3.63, 3.8) is 0 Å². The Hall–Kier alpha value is -1.10. The summed E-state index contributed by atoms with van der Waals surface area (Å²) in [7, 11) is 0. The monoisotopic (exact) mass is 270 g/mol. The van der Waals surface area contributed by atoms with Gasteiger partial charge in [-0.05, 0) is 31.2 Å². The lowest BCUT2D eigenvalue weighted by Gasteiger charge is -2.40. The molecule has 1 fully saturated rings. The first-order chi connectivity index (χ1) is 8.93. The highest BCUT2D eigenvalue weighted by Crippen LogP contribution is 2.43. The fourth-order valence-corrected chi connectivity index (χ4v) is 2.43. The second-order valence-corrected chi connectivity index (χ2v) is 5.91. The van der Waals surface area contributed by atoms with E-state index in [9.17, 15) is 9.59 Å². The summed E-state index contributed by atoms with van der Waals surface area (Å²) in [5, 5.41) is 15.0. The van der Waals surface area contributed by atoms with Crippen LogP contribution in [-0.2, 0) is 9.59 Å². The Balaban J connectivity index is 2.16. The van der Waals surface area contributed by atoms with E-state index in [0.717, 1.165) is 32.2 Å². The second kappa shape index (κ2) is 7.48. The van der Waals surface area contributed by atoms with Gasteiger partial charge >= 0.3 is 5.97 Å². The van der Waals surface area contributed by atoms with Crippen LogP contribution in [0.2, 0.25) is 0 Å². The highest BCUT2D eigenvalue weighted by Gasteiger charge is 2.39. The molecule has 0 atom stereocenters. The molecule has 0 heterocycles. The molecule has 1 rings (SSSR count). The molecule has 0 aromatic carbocycles. The van der Waals surface area contributed by atoms with Gasteiger partial charge < -0.3 is 15.7 Å². The average Bonchev–Trinajstić information content (AvgIpc) is 2.27. The Morgan fingerprint density at radius 2 is 2.00 bits per heavy atom. The van der Waals surface area contributed by atoms with E-state index >= 15 is 0 Å². The van der Waals surface area contributed by atoms with Crippen molar-refractivity contribution in [3.8, 4) is 0 Å². The van der Waals surface area contributed by atoms with Crippen LogP contribution in [0.5, 0.6) is 0 Å². The molecular weight excluding hydrogens is 244 g/mol. The molecule has 1 aliphatic rings. The van der Waals surface area contributed by atoms with Crippen molar-refractivity contribution in [2.75, 3.05) is 13.1 Å². The summed E-state index contributed by atoms with van der Waals surface area (Å²) < 4.78 is 0. The maximum atomic E-state index is 11.7. The Bertz CT molecular complexity index is 312. The molecule has 0 bridgehead atoms. The molecule has 0 aromatic heterocycles. The fraction of sp³-hybridized carbons (Fsp3) is 0.857. The van der Waals surface area contributed by atoms with E-state index in [2.05, 4.69) is 24.5 Å². The van der Waals surface area contributed by atoms with E-state index in [1.54, 1.807) is 0 Å². The first-order valence-electron chi connectivity index (χ1n) is 7.15. The molecule has 110 valence electrons. The molecule has 3 N–H and O–H groups in total. The molecule has 1 saturated carbocycles. The lowest BCUT2D eigenvalue weighted by molar-refractivity contribution is -0.141. The van der Waals surface area contributed by atoms with E-state index in [1.807, 2.05) is 0 Å². The number of carbonyl (C=O) groups is 2. The summed E-state index contributed by atoms with van der Waals surface area (Å²) in [6.07, 6.45) is 4.38. The molecule has 0 spiro atoms. The minimum absolute atomic E-state index is 0.0298. The number of hydrogen-bond donors (Lipinski definition) is 3. The van der Waals surface area contributed by atoms with Gasteiger partial charge in [-0.25, -0.2) is 0 Å². The predicted molar refractivity (Wildman–Crippen MR) is 73.9 cm³/mol. The first kappa shape index (κ1) is 16.0. The van der Waals surface area contributed by atoms with Gasteiger partial charge in [0.1, 0.15) is 0 Å². The Labute approximate surface area is 115 Å². The van der Waals surface area contributed by atoms with E-state index in [0.29, 0.717) is 19.0 Å². The second-order valence-electron chi connectivity index (χ2n) is 5.91. The van der Waals surface area contributed by atoms with Gasteiger partial charge in [0.15, 0.2) is 0 Å². The summed E-state index contributed by atoms with van der Waals surface area (Å²) >= 11 is 0. The highest BCUT2D eigenvalue weighted by atomic mass is 16.4.